The van der Waals surface area contributed by atoms with Crippen molar-refractivity contribution in [3.63, 3.8) is 0 Å². The van der Waals surface area contributed by atoms with Gasteiger partial charge in [-0.3, -0.25) is 19.4 Å². The molecule has 0 aliphatic carbocycles. The van der Waals surface area contributed by atoms with E-state index in [9.17, 15) is 9.59 Å². The average molecular weight is 408 g/mol. The Hall–Kier alpha value is -2.86. The predicted octanol–water partition coefficient (Wildman–Crippen LogP) is 3.43. The summed E-state index contributed by atoms with van der Waals surface area (Å²) in [6.45, 7) is 4.27. The van der Waals surface area contributed by atoms with Crippen LogP contribution in [0.25, 0.3) is 0 Å². The van der Waals surface area contributed by atoms with E-state index in [4.69, 9.17) is 9.47 Å². The van der Waals surface area contributed by atoms with Gasteiger partial charge in [0.25, 0.3) is 0 Å². The van der Waals surface area contributed by atoms with Gasteiger partial charge in [-0.15, -0.1) is 0 Å². The molecule has 0 bridgehead atoms. The predicted molar refractivity (Wildman–Crippen MR) is 114 cm³/mol. The molecule has 0 radical (unpaired) electrons. The fourth-order valence-electron chi connectivity index (χ4n) is 4.34. The van der Waals surface area contributed by atoms with Crippen molar-refractivity contribution in [1.82, 2.24) is 4.90 Å². The van der Waals surface area contributed by atoms with Crippen LogP contribution in [0, 0.1) is 5.92 Å². The van der Waals surface area contributed by atoms with Crippen LogP contribution < -0.4 is 9.64 Å². The molecule has 2 aromatic carbocycles. The maximum atomic E-state index is 13.5. The molecule has 0 aromatic heterocycles. The molecular weight excluding hydrogens is 380 g/mol. The van der Waals surface area contributed by atoms with Crippen molar-refractivity contribution in [3.05, 3.63) is 60.2 Å². The number of nitrogens with zero attached hydrogens (tertiary/aromatic N) is 2. The van der Waals surface area contributed by atoms with E-state index in [0.29, 0.717) is 19.8 Å². The van der Waals surface area contributed by atoms with E-state index in [2.05, 4.69) is 4.90 Å². The summed E-state index contributed by atoms with van der Waals surface area (Å²) in [6, 6.07) is 17.5. The summed E-state index contributed by atoms with van der Waals surface area (Å²) >= 11 is 0. The Morgan fingerprint density at radius 3 is 2.67 bits per heavy atom. The molecule has 6 nitrogen and oxygen atoms in total. The molecule has 2 aliphatic rings. The molecule has 6 heteroatoms. The number of hydrogen-bond acceptors (Lipinski definition) is 5. The van der Waals surface area contributed by atoms with Crippen molar-refractivity contribution in [2.24, 2.45) is 5.92 Å². The lowest BCUT2D eigenvalue weighted by molar-refractivity contribution is -0.150. The first-order valence-corrected chi connectivity index (χ1v) is 10.6. The third kappa shape index (κ3) is 4.33. The van der Waals surface area contributed by atoms with Crippen LogP contribution in [0.3, 0.4) is 0 Å². The summed E-state index contributed by atoms with van der Waals surface area (Å²) in [6.07, 6.45) is 1.70. The van der Waals surface area contributed by atoms with Gasteiger partial charge in [0.05, 0.1) is 30.8 Å². The molecule has 30 heavy (non-hydrogen) atoms. The summed E-state index contributed by atoms with van der Waals surface area (Å²) in [5.41, 5.74) is 1.84. The van der Waals surface area contributed by atoms with Gasteiger partial charge in [-0.2, -0.15) is 0 Å². The van der Waals surface area contributed by atoms with Gasteiger partial charge >= 0.3 is 5.97 Å². The number of hydrogen-bond donors (Lipinski definition) is 0. The fourth-order valence-corrected chi connectivity index (χ4v) is 4.34. The maximum absolute atomic E-state index is 13.5. The Labute approximate surface area is 177 Å². The first-order valence-electron chi connectivity index (χ1n) is 10.6. The average Bonchev–Trinajstić information content (AvgIpc) is 2.79. The SMILES string of the molecule is CCOC(=O)C1CCCN(CC(=O)N2c3ccccc3OCC2c2ccccc2)C1. The van der Waals surface area contributed by atoms with Gasteiger partial charge in [0.1, 0.15) is 12.4 Å². The number of amides is 1. The molecule has 2 atom stereocenters. The highest BCUT2D eigenvalue weighted by Crippen LogP contribution is 2.39. The monoisotopic (exact) mass is 408 g/mol. The first kappa shape index (κ1) is 20.4. The zero-order chi connectivity index (χ0) is 20.9. The summed E-state index contributed by atoms with van der Waals surface area (Å²) < 4.78 is 11.2. The number of rotatable bonds is 5. The Balaban J connectivity index is 1.55. The summed E-state index contributed by atoms with van der Waals surface area (Å²) in [4.78, 5) is 29.6. The smallest absolute Gasteiger partial charge is 0.310 e. The zero-order valence-electron chi connectivity index (χ0n) is 17.3. The lowest BCUT2D eigenvalue weighted by Crippen LogP contribution is -2.48. The number of carbonyl (C=O) groups is 2. The van der Waals surface area contributed by atoms with Crippen molar-refractivity contribution in [2.45, 2.75) is 25.8 Å². The molecule has 158 valence electrons. The van der Waals surface area contributed by atoms with Crippen molar-refractivity contribution in [1.29, 1.82) is 0 Å². The van der Waals surface area contributed by atoms with Crippen LogP contribution in [0.4, 0.5) is 5.69 Å². The van der Waals surface area contributed by atoms with E-state index in [1.54, 1.807) is 0 Å². The molecule has 2 unspecified atom stereocenters. The number of likely N-dealkylation sites (tertiary alicyclic amines) is 1. The Morgan fingerprint density at radius 1 is 1.10 bits per heavy atom. The number of anilines is 1. The van der Waals surface area contributed by atoms with Gasteiger partial charge in [-0.05, 0) is 44.0 Å². The Bertz CT molecular complexity index is 886. The Kier molecular flexibility index (Phi) is 6.33. The lowest BCUT2D eigenvalue weighted by Gasteiger charge is -2.39. The largest absolute Gasteiger partial charge is 0.489 e. The van der Waals surface area contributed by atoms with Crippen molar-refractivity contribution >= 4 is 17.6 Å². The molecule has 1 saturated heterocycles. The van der Waals surface area contributed by atoms with Crippen LogP contribution in [-0.2, 0) is 14.3 Å². The summed E-state index contributed by atoms with van der Waals surface area (Å²) in [5.74, 6) is 0.423. The third-order valence-corrected chi connectivity index (χ3v) is 5.77. The molecular formula is C24H28N2O4. The first-order chi connectivity index (χ1) is 14.7. The Morgan fingerprint density at radius 2 is 1.87 bits per heavy atom. The highest BCUT2D eigenvalue weighted by atomic mass is 16.5. The standard InChI is InChI=1S/C24H28N2O4/c1-2-29-24(28)19-11-8-14-25(15-19)16-23(27)26-20-12-6-7-13-22(20)30-17-21(26)18-9-4-3-5-10-18/h3-7,9-10,12-13,19,21H,2,8,11,14-17H2,1H3. The molecule has 0 N–H and O–H groups in total. The number of carbonyl (C=O) groups excluding carboxylic acids is 2. The van der Waals surface area contributed by atoms with Crippen molar-refractivity contribution < 1.29 is 19.1 Å². The van der Waals surface area contributed by atoms with E-state index in [1.807, 2.05) is 66.4 Å². The number of esters is 1. The number of ether oxygens (including phenoxy) is 2. The molecule has 4 rings (SSSR count). The van der Waals surface area contributed by atoms with Gasteiger partial charge in [0, 0.05) is 6.54 Å². The van der Waals surface area contributed by atoms with Crippen LogP contribution in [0.2, 0.25) is 0 Å². The molecule has 0 saturated carbocycles. The number of piperidine rings is 1. The molecule has 2 aromatic rings. The van der Waals surface area contributed by atoms with Crippen molar-refractivity contribution in [3.8, 4) is 5.75 Å². The van der Waals surface area contributed by atoms with Gasteiger partial charge < -0.3 is 9.47 Å². The highest BCUT2D eigenvalue weighted by Gasteiger charge is 2.35. The van der Waals surface area contributed by atoms with Crippen molar-refractivity contribution in [2.75, 3.05) is 37.7 Å². The zero-order valence-corrected chi connectivity index (χ0v) is 17.3. The second kappa shape index (κ2) is 9.30. The topological polar surface area (TPSA) is 59.1 Å². The van der Waals surface area contributed by atoms with Crippen LogP contribution >= 0.6 is 0 Å². The number of benzene rings is 2. The van der Waals surface area contributed by atoms with E-state index < -0.39 is 0 Å². The second-order valence-corrected chi connectivity index (χ2v) is 7.80. The minimum atomic E-state index is -0.181. The van der Waals surface area contributed by atoms with E-state index in [1.165, 1.54) is 0 Å². The van der Waals surface area contributed by atoms with E-state index in [0.717, 1.165) is 36.4 Å². The van der Waals surface area contributed by atoms with Crippen LogP contribution in [0.15, 0.2) is 54.6 Å². The molecule has 1 fully saturated rings. The summed E-state index contributed by atoms with van der Waals surface area (Å²) in [7, 11) is 0. The molecule has 0 spiro atoms. The lowest BCUT2D eigenvalue weighted by atomic mass is 9.98. The van der Waals surface area contributed by atoms with Gasteiger partial charge in [0.2, 0.25) is 5.91 Å². The minimum Gasteiger partial charge on any atom is -0.489 e. The quantitative estimate of drug-likeness (QED) is 0.710. The number of para-hydroxylation sites is 2. The second-order valence-electron chi connectivity index (χ2n) is 7.80. The molecule has 2 heterocycles. The summed E-state index contributed by atoms with van der Waals surface area (Å²) in [5, 5.41) is 0. The van der Waals surface area contributed by atoms with Crippen LogP contribution in [0.1, 0.15) is 31.4 Å². The van der Waals surface area contributed by atoms with E-state index >= 15 is 0 Å². The highest BCUT2D eigenvalue weighted by molar-refractivity contribution is 5.97. The third-order valence-electron chi connectivity index (χ3n) is 5.77. The maximum Gasteiger partial charge on any atom is 0.310 e. The molecule has 1 amide bonds. The number of fused-ring (bicyclic) bond motifs is 1. The van der Waals surface area contributed by atoms with Gasteiger partial charge in [0.15, 0.2) is 0 Å². The van der Waals surface area contributed by atoms with Gasteiger partial charge in [-0.25, -0.2) is 0 Å². The van der Waals surface area contributed by atoms with Crippen LogP contribution in [0.5, 0.6) is 5.75 Å². The molecule has 2 aliphatic heterocycles. The van der Waals surface area contributed by atoms with E-state index in [-0.39, 0.29) is 30.4 Å². The van der Waals surface area contributed by atoms with Gasteiger partial charge in [-0.1, -0.05) is 42.5 Å². The van der Waals surface area contributed by atoms with Crippen LogP contribution in [-0.4, -0.2) is 49.6 Å². The minimum absolute atomic E-state index is 0.0177. The normalized spacial score (nSPS) is 21.4. The fraction of sp³-hybridized carbons (Fsp3) is 0.417.